The summed E-state index contributed by atoms with van der Waals surface area (Å²) in [7, 11) is 0. The van der Waals surface area contributed by atoms with Gasteiger partial charge in [0.05, 0.1) is 6.61 Å². The van der Waals surface area contributed by atoms with Crippen molar-refractivity contribution in [1.29, 1.82) is 0 Å². The number of ether oxygens (including phenoxy) is 1. The van der Waals surface area contributed by atoms with Crippen LogP contribution in [0.1, 0.15) is 32.1 Å². The van der Waals surface area contributed by atoms with E-state index in [9.17, 15) is 0 Å². The quantitative estimate of drug-likeness (QED) is 0.546. The lowest BCUT2D eigenvalue weighted by Gasteiger charge is -2.26. The smallest absolute Gasteiger partial charge is 0.0593 e. The Bertz CT molecular complexity index is 110. The highest BCUT2D eigenvalue weighted by atomic mass is 16.5. The van der Waals surface area contributed by atoms with Crippen LogP contribution in [0.2, 0.25) is 0 Å². The molecule has 2 heteroatoms. The average Bonchev–Trinajstić information content (AvgIpc) is 2.38. The van der Waals surface area contributed by atoms with Gasteiger partial charge in [0.1, 0.15) is 0 Å². The maximum Gasteiger partial charge on any atom is 0.0593 e. The summed E-state index contributed by atoms with van der Waals surface area (Å²) in [5, 5.41) is 0. The predicted molar refractivity (Wildman–Crippen MR) is 49.3 cm³/mol. The Labute approximate surface area is 74.9 Å². The minimum Gasteiger partial charge on any atom is -0.380 e. The average molecular weight is 169 g/mol. The number of nitrogens with zero attached hydrogens (tertiary/aromatic N) is 1. The molecule has 70 valence electrons. The number of rotatable bonds is 0. The largest absolute Gasteiger partial charge is 0.380 e. The Balaban J connectivity index is 1.94. The van der Waals surface area contributed by atoms with Crippen molar-refractivity contribution in [3.63, 3.8) is 0 Å². The van der Waals surface area contributed by atoms with Gasteiger partial charge in [-0.15, -0.1) is 0 Å². The molecule has 0 aliphatic carbocycles. The number of hydrogen-bond donors (Lipinski definition) is 0. The fraction of sp³-hybridized carbons (Fsp3) is 1.00. The Hall–Kier alpha value is -0.0800. The SMILES string of the molecule is C1CCC2CCOCCN2CC1. The third-order valence-electron chi connectivity index (χ3n) is 3.12. The highest BCUT2D eigenvalue weighted by molar-refractivity contribution is 4.76. The molecule has 2 fully saturated rings. The van der Waals surface area contributed by atoms with E-state index < -0.39 is 0 Å². The van der Waals surface area contributed by atoms with Gasteiger partial charge in [-0.2, -0.15) is 0 Å². The first kappa shape index (κ1) is 8.52. The van der Waals surface area contributed by atoms with E-state index in [0.717, 1.165) is 19.3 Å². The Morgan fingerprint density at radius 3 is 2.92 bits per heavy atom. The van der Waals surface area contributed by atoms with Crippen LogP contribution in [-0.4, -0.2) is 37.2 Å². The van der Waals surface area contributed by atoms with E-state index in [1.54, 1.807) is 0 Å². The minimum absolute atomic E-state index is 0.843. The van der Waals surface area contributed by atoms with E-state index in [2.05, 4.69) is 4.90 Å². The maximum atomic E-state index is 5.49. The van der Waals surface area contributed by atoms with Gasteiger partial charge in [0, 0.05) is 19.2 Å². The molecule has 2 heterocycles. The monoisotopic (exact) mass is 169 g/mol. The molecule has 2 rings (SSSR count). The zero-order valence-electron chi connectivity index (χ0n) is 7.80. The molecule has 0 aromatic carbocycles. The molecule has 0 aromatic rings. The molecule has 12 heavy (non-hydrogen) atoms. The summed E-state index contributed by atoms with van der Waals surface area (Å²) in [4.78, 5) is 2.64. The molecule has 2 saturated heterocycles. The minimum atomic E-state index is 0.843. The van der Waals surface area contributed by atoms with Crippen molar-refractivity contribution in [2.45, 2.75) is 38.1 Å². The van der Waals surface area contributed by atoms with E-state index >= 15 is 0 Å². The molecule has 0 aromatic heterocycles. The van der Waals surface area contributed by atoms with E-state index in [4.69, 9.17) is 4.74 Å². The van der Waals surface area contributed by atoms with Crippen molar-refractivity contribution >= 4 is 0 Å². The third-order valence-corrected chi connectivity index (χ3v) is 3.12. The van der Waals surface area contributed by atoms with Crippen LogP contribution in [-0.2, 0) is 4.74 Å². The van der Waals surface area contributed by atoms with Crippen molar-refractivity contribution in [2.75, 3.05) is 26.3 Å². The first-order chi connectivity index (χ1) is 5.97. The van der Waals surface area contributed by atoms with E-state index in [-0.39, 0.29) is 0 Å². The second-order valence-corrected chi connectivity index (χ2v) is 3.94. The molecule has 0 saturated carbocycles. The number of hydrogen-bond acceptors (Lipinski definition) is 2. The predicted octanol–water partition coefficient (Wildman–Crippen LogP) is 1.65. The summed E-state index contributed by atoms with van der Waals surface area (Å²) < 4.78 is 5.49. The van der Waals surface area contributed by atoms with Crippen LogP contribution in [0.5, 0.6) is 0 Å². The molecular weight excluding hydrogens is 150 g/mol. The van der Waals surface area contributed by atoms with Crippen LogP contribution in [0.4, 0.5) is 0 Å². The summed E-state index contributed by atoms with van der Waals surface area (Å²) >= 11 is 0. The van der Waals surface area contributed by atoms with Crippen molar-refractivity contribution in [3.05, 3.63) is 0 Å². The van der Waals surface area contributed by atoms with Crippen LogP contribution in [0.25, 0.3) is 0 Å². The van der Waals surface area contributed by atoms with Gasteiger partial charge in [-0.25, -0.2) is 0 Å². The van der Waals surface area contributed by atoms with Crippen LogP contribution < -0.4 is 0 Å². The fourth-order valence-electron chi connectivity index (χ4n) is 2.36. The van der Waals surface area contributed by atoms with E-state index in [1.165, 1.54) is 45.2 Å². The normalized spacial score (nSPS) is 33.5. The maximum absolute atomic E-state index is 5.49. The van der Waals surface area contributed by atoms with Crippen molar-refractivity contribution in [2.24, 2.45) is 0 Å². The second kappa shape index (κ2) is 4.24. The summed E-state index contributed by atoms with van der Waals surface area (Å²) in [5.41, 5.74) is 0. The highest BCUT2D eigenvalue weighted by Gasteiger charge is 2.22. The molecule has 1 atom stereocenters. The molecule has 2 aliphatic heterocycles. The summed E-state index contributed by atoms with van der Waals surface area (Å²) in [6.07, 6.45) is 6.94. The Kier molecular flexibility index (Phi) is 3.01. The zero-order chi connectivity index (χ0) is 8.23. The van der Waals surface area contributed by atoms with Gasteiger partial charge in [0.2, 0.25) is 0 Å². The van der Waals surface area contributed by atoms with E-state index in [1.807, 2.05) is 0 Å². The molecule has 2 aliphatic rings. The lowest BCUT2D eigenvalue weighted by atomic mass is 10.1. The van der Waals surface area contributed by atoms with Crippen LogP contribution >= 0.6 is 0 Å². The van der Waals surface area contributed by atoms with Crippen molar-refractivity contribution in [3.8, 4) is 0 Å². The Morgan fingerprint density at radius 1 is 0.917 bits per heavy atom. The highest BCUT2D eigenvalue weighted by Crippen LogP contribution is 2.20. The van der Waals surface area contributed by atoms with Crippen LogP contribution in [0.15, 0.2) is 0 Å². The van der Waals surface area contributed by atoms with Gasteiger partial charge in [-0.1, -0.05) is 12.8 Å². The summed E-state index contributed by atoms with van der Waals surface area (Å²) in [6.45, 7) is 4.43. The fourth-order valence-corrected chi connectivity index (χ4v) is 2.36. The molecular formula is C10H19NO. The first-order valence-electron chi connectivity index (χ1n) is 5.28. The van der Waals surface area contributed by atoms with Gasteiger partial charge in [-0.3, -0.25) is 4.90 Å². The number of fused-ring (bicyclic) bond motifs is 1. The lowest BCUT2D eigenvalue weighted by molar-refractivity contribution is 0.140. The van der Waals surface area contributed by atoms with E-state index in [0.29, 0.717) is 0 Å². The summed E-state index contributed by atoms with van der Waals surface area (Å²) in [6, 6.07) is 0.843. The second-order valence-electron chi connectivity index (χ2n) is 3.94. The van der Waals surface area contributed by atoms with Gasteiger partial charge in [0.15, 0.2) is 0 Å². The standard InChI is InChI=1S/C10H19NO/c1-2-4-10-5-8-12-9-7-11(10)6-3-1/h10H,1-9H2. The van der Waals surface area contributed by atoms with Gasteiger partial charge >= 0.3 is 0 Å². The van der Waals surface area contributed by atoms with Crippen LogP contribution in [0.3, 0.4) is 0 Å². The summed E-state index contributed by atoms with van der Waals surface area (Å²) in [5.74, 6) is 0. The first-order valence-corrected chi connectivity index (χ1v) is 5.28. The van der Waals surface area contributed by atoms with Crippen LogP contribution in [0, 0.1) is 0 Å². The molecule has 0 radical (unpaired) electrons. The van der Waals surface area contributed by atoms with Gasteiger partial charge < -0.3 is 4.74 Å². The Morgan fingerprint density at radius 2 is 1.92 bits per heavy atom. The molecule has 2 nitrogen and oxygen atoms in total. The lowest BCUT2D eigenvalue weighted by Crippen LogP contribution is -2.35. The zero-order valence-corrected chi connectivity index (χ0v) is 7.80. The van der Waals surface area contributed by atoms with Crippen molar-refractivity contribution in [1.82, 2.24) is 4.90 Å². The molecule has 0 amide bonds. The van der Waals surface area contributed by atoms with Crippen molar-refractivity contribution < 1.29 is 4.74 Å². The van der Waals surface area contributed by atoms with Gasteiger partial charge in [-0.05, 0) is 25.8 Å². The van der Waals surface area contributed by atoms with Gasteiger partial charge in [0.25, 0.3) is 0 Å². The molecule has 0 spiro atoms. The topological polar surface area (TPSA) is 12.5 Å². The molecule has 1 unspecified atom stereocenters. The molecule has 0 N–H and O–H groups in total. The molecule has 0 bridgehead atoms. The third kappa shape index (κ3) is 1.99.